The van der Waals surface area contributed by atoms with Gasteiger partial charge in [0.1, 0.15) is 0 Å². The summed E-state index contributed by atoms with van der Waals surface area (Å²) in [6, 6.07) is 0. The molecule has 3 rings (SSSR count). The van der Waals surface area contributed by atoms with Gasteiger partial charge in [0, 0.05) is 6.54 Å². The zero-order chi connectivity index (χ0) is 14.1. The molecule has 0 saturated heterocycles. The Morgan fingerprint density at radius 1 is 1.35 bits per heavy atom. The molecule has 2 heterocycles. The highest BCUT2D eigenvalue weighted by atomic mass is 35.5. The Morgan fingerprint density at radius 2 is 2.10 bits per heavy atom. The van der Waals surface area contributed by atoms with Crippen LogP contribution in [0.5, 0.6) is 0 Å². The molecule has 0 spiro atoms. The average molecular weight is 290 g/mol. The van der Waals surface area contributed by atoms with Gasteiger partial charge in [-0.15, -0.1) is 16.5 Å². The Morgan fingerprint density at radius 3 is 2.80 bits per heavy atom. The van der Waals surface area contributed by atoms with E-state index in [0.717, 1.165) is 18.0 Å². The third-order valence-corrected chi connectivity index (χ3v) is 4.37. The minimum Gasteiger partial charge on any atom is -0.394 e. The average Bonchev–Trinajstić information content (AvgIpc) is 2.85. The van der Waals surface area contributed by atoms with Gasteiger partial charge in [0.25, 0.3) is 0 Å². The first-order chi connectivity index (χ1) is 9.67. The van der Waals surface area contributed by atoms with E-state index in [-0.39, 0.29) is 5.95 Å². The van der Waals surface area contributed by atoms with Crippen molar-refractivity contribution >= 4 is 28.7 Å². The fourth-order valence-corrected chi connectivity index (χ4v) is 3.17. The van der Waals surface area contributed by atoms with Gasteiger partial charge in [0.05, 0.1) is 6.33 Å². The Kier molecular flexibility index (Phi) is 3.58. The lowest BCUT2D eigenvalue weighted by molar-refractivity contribution is 0.266. The number of hydrogen-bond acceptors (Lipinski definition) is 3. The van der Waals surface area contributed by atoms with Crippen LogP contribution in [0, 0.1) is 18.4 Å². The standard InChI is InChI=1S/C14H16ClN5/c1-9-3-5-10(6-4-9)7-20-8-17-13-11(20)12(15)18-14(16-2)19-13/h8-10H,3-7H2,1H3. The van der Waals surface area contributed by atoms with E-state index in [1.807, 2.05) is 4.57 Å². The second-order valence-electron chi connectivity index (χ2n) is 5.62. The van der Waals surface area contributed by atoms with E-state index >= 15 is 0 Å². The van der Waals surface area contributed by atoms with E-state index in [1.54, 1.807) is 6.33 Å². The van der Waals surface area contributed by atoms with Crippen molar-refractivity contribution in [2.75, 3.05) is 0 Å². The molecule has 0 radical (unpaired) electrons. The maximum atomic E-state index is 6.95. The quantitative estimate of drug-likeness (QED) is 0.623. The molecule has 0 bridgehead atoms. The van der Waals surface area contributed by atoms with E-state index in [0.29, 0.717) is 16.7 Å². The molecule has 20 heavy (non-hydrogen) atoms. The summed E-state index contributed by atoms with van der Waals surface area (Å²) in [5, 5.41) is 0.322. The molecule has 0 amide bonds. The second kappa shape index (κ2) is 5.37. The maximum absolute atomic E-state index is 6.95. The van der Waals surface area contributed by atoms with Crippen molar-refractivity contribution in [2.24, 2.45) is 11.8 Å². The van der Waals surface area contributed by atoms with Crippen LogP contribution in [-0.2, 0) is 6.54 Å². The van der Waals surface area contributed by atoms with Crippen molar-refractivity contribution in [3.63, 3.8) is 0 Å². The van der Waals surface area contributed by atoms with Crippen LogP contribution in [-0.4, -0.2) is 19.5 Å². The highest BCUT2D eigenvalue weighted by Crippen LogP contribution is 2.31. The first-order valence-electron chi connectivity index (χ1n) is 6.93. The molecular weight excluding hydrogens is 274 g/mol. The zero-order valence-corrected chi connectivity index (χ0v) is 12.1. The zero-order valence-electron chi connectivity index (χ0n) is 11.4. The summed E-state index contributed by atoms with van der Waals surface area (Å²) in [7, 11) is 0. The van der Waals surface area contributed by atoms with Gasteiger partial charge in [-0.05, 0) is 36.3 Å². The smallest absolute Gasteiger partial charge is 0.375 e. The van der Waals surface area contributed by atoms with E-state index in [9.17, 15) is 0 Å². The van der Waals surface area contributed by atoms with Gasteiger partial charge in [0.2, 0.25) is 10.8 Å². The Bertz CT molecular complexity index is 664. The first kappa shape index (κ1) is 13.3. The number of fused-ring (bicyclic) bond motifs is 1. The highest BCUT2D eigenvalue weighted by molar-refractivity contribution is 6.33. The molecule has 0 N–H and O–H groups in total. The molecule has 1 fully saturated rings. The maximum Gasteiger partial charge on any atom is 0.375 e. The number of aromatic nitrogens is 4. The van der Waals surface area contributed by atoms with E-state index in [2.05, 4.69) is 26.7 Å². The van der Waals surface area contributed by atoms with Crippen LogP contribution in [0.1, 0.15) is 32.6 Å². The van der Waals surface area contributed by atoms with Crippen LogP contribution in [0.4, 0.5) is 5.95 Å². The molecule has 6 heteroatoms. The van der Waals surface area contributed by atoms with Crippen LogP contribution >= 0.6 is 11.6 Å². The predicted octanol–water partition coefficient (Wildman–Crippen LogP) is 3.86. The van der Waals surface area contributed by atoms with Crippen molar-refractivity contribution in [1.82, 2.24) is 19.5 Å². The van der Waals surface area contributed by atoms with Gasteiger partial charge in [0.15, 0.2) is 5.52 Å². The lowest BCUT2D eigenvalue weighted by Crippen LogP contribution is -2.17. The van der Waals surface area contributed by atoms with Crippen LogP contribution < -0.4 is 0 Å². The molecule has 104 valence electrons. The molecule has 0 unspecified atom stereocenters. The number of halogens is 1. The molecule has 1 aliphatic rings. The van der Waals surface area contributed by atoms with Crippen LogP contribution in [0.25, 0.3) is 16.0 Å². The molecule has 0 aliphatic heterocycles. The summed E-state index contributed by atoms with van der Waals surface area (Å²) in [6.07, 6.45) is 6.85. The number of rotatable bonds is 2. The molecule has 0 aromatic carbocycles. The molecule has 1 saturated carbocycles. The minimum atomic E-state index is 0.0549. The summed E-state index contributed by atoms with van der Waals surface area (Å²) < 4.78 is 2.03. The first-order valence-corrected chi connectivity index (χ1v) is 7.31. The van der Waals surface area contributed by atoms with E-state index in [1.165, 1.54) is 25.7 Å². The normalized spacial score (nSPS) is 22.9. The summed E-state index contributed by atoms with van der Waals surface area (Å²) in [5.74, 6) is 1.57. The minimum absolute atomic E-state index is 0.0549. The van der Waals surface area contributed by atoms with Crippen LogP contribution in [0.3, 0.4) is 0 Å². The summed E-state index contributed by atoms with van der Waals surface area (Å²) in [6.45, 7) is 10.2. The molecule has 2 aromatic rings. The van der Waals surface area contributed by atoms with Gasteiger partial charge < -0.3 is 9.41 Å². The van der Waals surface area contributed by atoms with Gasteiger partial charge in [-0.3, -0.25) is 0 Å². The fourth-order valence-electron chi connectivity index (χ4n) is 2.90. The molecule has 2 aromatic heterocycles. The monoisotopic (exact) mass is 289 g/mol. The van der Waals surface area contributed by atoms with E-state index < -0.39 is 0 Å². The highest BCUT2D eigenvalue weighted by Gasteiger charge is 2.21. The van der Waals surface area contributed by atoms with Crippen molar-refractivity contribution in [2.45, 2.75) is 39.2 Å². The van der Waals surface area contributed by atoms with Gasteiger partial charge in [-0.25, -0.2) is 4.98 Å². The topological polar surface area (TPSA) is 48.0 Å². The van der Waals surface area contributed by atoms with Crippen molar-refractivity contribution < 1.29 is 0 Å². The Hall–Kier alpha value is -1.67. The lowest BCUT2D eigenvalue weighted by atomic mass is 9.83. The SMILES string of the molecule is [C-]#[N+]c1nc(Cl)c2c(ncn2CC2CCC(C)CC2)n1. The van der Waals surface area contributed by atoms with Gasteiger partial charge in [-0.2, -0.15) is 0 Å². The number of nitrogens with zero attached hydrogens (tertiary/aromatic N) is 5. The van der Waals surface area contributed by atoms with Crippen LogP contribution in [0.2, 0.25) is 5.15 Å². The molecule has 5 nitrogen and oxygen atoms in total. The Labute approximate surface area is 122 Å². The van der Waals surface area contributed by atoms with Gasteiger partial charge in [-0.1, -0.05) is 19.8 Å². The molecular formula is C14H16ClN5. The molecule has 0 atom stereocenters. The third-order valence-electron chi connectivity index (χ3n) is 4.11. The molecule has 1 aliphatic carbocycles. The summed E-state index contributed by atoms with van der Waals surface area (Å²) in [5.41, 5.74) is 1.26. The predicted molar refractivity (Wildman–Crippen MR) is 77.7 cm³/mol. The summed E-state index contributed by atoms with van der Waals surface area (Å²) in [4.78, 5) is 15.6. The van der Waals surface area contributed by atoms with Crippen LogP contribution in [0.15, 0.2) is 6.33 Å². The number of imidazole rings is 1. The largest absolute Gasteiger partial charge is 0.394 e. The van der Waals surface area contributed by atoms with E-state index in [4.69, 9.17) is 18.2 Å². The fraction of sp³-hybridized carbons (Fsp3) is 0.571. The third kappa shape index (κ3) is 2.48. The van der Waals surface area contributed by atoms with Crippen molar-refractivity contribution in [3.8, 4) is 0 Å². The number of hydrogen-bond donors (Lipinski definition) is 0. The van der Waals surface area contributed by atoms with Crippen molar-refractivity contribution in [1.29, 1.82) is 0 Å². The lowest BCUT2D eigenvalue weighted by Gasteiger charge is -2.26. The van der Waals surface area contributed by atoms with Crippen molar-refractivity contribution in [3.05, 3.63) is 22.9 Å². The second-order valence-corrected chi connectivity index (χ2v) is 5.98. The van der Waals surface area contributed by atoms with Gasteiger partial charge >= 0.3 is 5.95 Å². The Balaban J connectivity index is 1.87. The summed E-state index contributed by atoms with van der Waals surface area (Å²) >= 11 is 6.17.